The zero-order valence-corrected chi connectivity index (χ0v) is 14.5. The van der Waals surface area contributed by atoms with Crippen LogP contribution in [0.4, 0.5) is 5.69 Å². The summed E-state index contributed by atoms with van der Waals surface area (Å²) in [5.74, 6) is 0.962. The van der Waals surface area contributed by atoms with E-state index in [1.54, 1.807) is 0 Å². The number of likely N-dealkylation sites (tertiary alicyclic amines) is 1. The molecule has 0 saturated carbocycles. The first-order chi connectivity index (χ1) is 10.4. The second-order valence-corrected chi connectivity index (χ2v) is 7.35. The summed E-state index contributed by atoms with van der Waals surface area (Å²) < 4.78 is 0. The Morgan fingerprint density at radius 1 is 1.23 bits per heavy atom. The first-order valence-corrected chi connectivity index (χ1v) is 8.53. The summed E-state index contributed by atoms with van der Waals surface area (Å²) in [5, 5.41) is 3.02. The van der Waals surface area contributed by atoms with Gasteiger partial charge in [0.1, 0.15) is 0 Å². The molecule has 122 valence electrons. The zero-order chi connectivity index (χ0) is 16.2. The van der Waals surface area contributed by atoms with Gasteiger partial charge in [-0.15, -0.1) is 0 Å². The van der Waals surface area contributed by atoms with Crippen molar-refractivity contribution >= 4 is 11.6 Å². The van der Waals surface area contributed by atoms with Gasteiger partial charge < -0.3 is 5.32 Å². The van der Waals surface area contributed by atoms with Crippen molar-refractivity contribution in [1.29, 1.82) is 0 Å². The number of anilines is 1. The van der Waals surface area contributed by atoms with Crippen molar-refractivity contribution in [1.82, 2.24) is 4.90 Å². The minimum absolute atomic E-state index is 0.0905. The lowest BCUT2D eigenvalue weighted by Crippen LogP contribution is -2.32. The molecular formula is C19H30N2O. The predicted molar refractivity (Wildman–Crippen MR) is 92.8 cm³/mol. The van der Waals surface area contributed by atoms with Crippen molar-refractivity contribution in [2.75, 3.05) is 18.4 Å². The molecule has 0 unspecified atom stereocenters. The van der Waals surface area contributed by atoms with Crippen LogP contribution in [0.2, 0.25) is 0 Å². The van der Waals surface area contributed by atoms with E-state index in [-0.39, 0.29) is 11.3 Å². The topological polar surface area (TPSA) is 32.3 Å². The Kier molecular flexibility index (Phi) is 5.63. The van der Waals surface area contributed by atoms with Gasteiger partial charge in [0.2, 0.25) is 5.91 Å². The minimum Gasteiger partial charge on any atom is -0.326 e. The Balaban J connectivity index is 1.89. The highest BCUT2D eigenvalue weighted by atomic mass is 16.2. The molecule has 1 fully saturated rings. The van der Waals surface area contributed by atoms with Crippen LogP contribution < -0.4 is 5.32 Å². The molecule has 3 heteroatoms. The summed E-state index contributed by atoms with van der Waals surface area (Å²) in [6, 6.07) is 8.30. The highest BCUT2D eigenvalue weighted by molar-refractivity contribution is 5.94. The third kappa shape index (κ3) is 4.57. The Morgan fingerprint density at radius 2 is 1.82 bits per heavy atom. The van der Waals surface area contributed by atoms with E-state index < -0.39 is 0 Å². The summed E-state index contributed by atoms with van der Waals surface area (Å²) in [6.45, 7) is 11.8. The van der Waals surface area contributed by atoms with Gasteiger partial charge in [0, 0.05) is 17.6 Å². The van der Waals surface area contributed by atoms with Gasteiger partial charge in [-0.3, -0.25) is 9.69 Å². The third-order valence-electron chi connectivity index (χ3n) is 4.99. The first kappa shape index (κ1) is 17.0. The van der Waals surface area contributed by atoms with Crippen molar-refractivity contribution in [2.24, 2.45) is 11.3 Å². The van der Waals surface area contributed by atoms with Crippen molar-refractivity contribution in [3.8, 4) is 0 Å². The average Bonchev–Trinajstić information content (AvgIpc) is 2.51. The summed E-state index contributed by atoms with van der Waals surface area (Å²) in [7, 11) is 0. The maximum atomic E-state index is 12.2. The number of nitrogens with zero attached hydrogens (tertiary/aromatic N) is 1. The molecule has 2 rings (SSSR count). The summed E-state index contributed by atoms with van der Waals surface area (Å²) in [6.07, 6.45) is 3.45. The first-order valence-electron chi connectivity index (χ1n) is 8.53. The lowest BCUT2D eigenvalue weighted by molar-refractivity contribution is -0.124. The molecule has 0 bridgehead atoms. The number of amides is 1. The fourth-order valence-corrected chi connectivity index (χ4v) is 2.63. The van der Waals surface area contributed by atoms with E-state index in [1.165, 1.54) is 31.5 Å². The molecule has 1 amide bonds. The standard InChI is InChI=1S/C19H30N2O/c1-5-19(3,4)18(22)20-17-8-6-16(7-9-17)14-21-12-10-15(2)11-13-21/h6-9,15H,5,10-14H2,1-4H3,(H,20,22). The smallest absolute Gasteiger partial charge is 0.230 e. The normalized spacial score (nSPS) is 17.5. The molecule has 0 aliphatic carbocycles. The van der Waals surface area contributed by atoms with Crippen molar-refractivity contribution in [3.05, 3.63) is 29.8 Å². The summed E-state index contributed by atoms with van der Waals surface area (Å²) in [5.41, 5.74) is 1.90. The lowest BCUT2D eigenvalue weighted by atomic mass is 9.89. The van der Waals surface area contributed by atoms with Crippen LogP contribution in [0.25, 0.3) is 0 Å². The molecule has 22 heavy (non-hydrogen) atoms. The monoisotopic (exact) mass is 302 g/mol. The number of hydrogen-bond acceptors (Lipinski definition) is 2. The molecule has 1 aromatic rings. The van der Waals surface area contributed by atoms with E-state index in [9.17, 15) is 4.79 Å². The van der Waals surface area contributed by atoms with Crippen LogP contribution in [-0.2, 0) is 11.3 Å². The molecule has 0 spiro atoms. The van der Waals surface area contributed by atoms with Gasteiger partial charge in [0.15, 0.2) is 0 Å². The quantitative estimate of drug-likeness (QED) is 0.880. The largest absolute Gasteiger partial charge is 0.326 e. The molecular weight excluding hydrogens is 272 g/mol. The fraction of sp³-hybridized carbons (Fsp3) is 0.632. The van der Waals surface area contributed by atoms with Crippen LogP contribution in [0.15, 0.2) is 24.3 Å². The number of hydrogen-bond donors (Lipinski definition) is 1. The molecule has 1 heterocycles. The predicted octanol–water partition coefficient (Wildman–Crippen LogP) is 4.29. The zero-order valence-electron chi connectivity index (χ0n) is 14.5. The van der Waals surface area contributed by atoms with Crippen LogP contribution >= 0.6 is 0 Å². The van der Waals surface area contributed by atoms with Crippen LogP contribution in [0.3, 0.4) is 0 Å². The van der Waals surface area contributed by atoms with Gasteiger partial charge in [-0.25, -0.2) is 0 Å². The maximum absolute atomic E-state index is 12.2. The van der Waals surface area contributed by atoms with Crippen molar-refractivity contribution in [2.45, 2.75) is 53.5 Å². The lowest BCUT2D eigenvalue weighted by Gasteiger charge is -2.30. The van der Waals surface area contributed by atoms with E-state index in [0.29, 0.717) is 0 Å². The van der Waals surface area contributed by atoms with Gasteiger partial charge in [-0.05, 0) is 56.0 Å². The highest BCUT2D eigenvalue weighted by Crippen LogP contribution is 2.23. The maximum Gasteiger partial charge on any atom is 0.230 e. The number of nitrogens with one attached hydrogen (secondary N) is 1. The Bertz CT molecular complexity index is 485. The van der Waals surface area contributed by atoms with E-state index in [4.69, 9.17) is 0 Å². The molecule has 0 aromatic heterocycles. The number of carbonyl (C=O) groups is 1. The number of carbonyl (C=O) groups excluding carboxylic acids is 1. The van der Waals surface area contributed by atoms with Crippen molar-refractivity contribution in [3.63, 3.8) is 0 Å². The molecule has 3 nitrogen and oxygen atoms in total. The molecule has 1 saturated heterocycles. The van der Waals surface area contributed by atoms with Crippen LogP contribution in [0.1, 0.15) is 52.5 Å². The fourth-order valence-electron chi connectivity index (χ4n) is 2.63. The molecule has 1 aliphatic rings. The number of rotatable bonds is 5. The van der Waals surface area contributed by atoms with Gasteiger partial charge in [0.05, 0.1) is 0 Å². The summed E-state index contributed by atoms with van der Waals surface area (Å²) in [4.78, 5) is 14.7. The van der Waals surface area contributed by atoms with Gasteiger partial charge in [-0.2, -0.15) is 0 Å². The van der Waals surface area contributed by atoms with Gasteiger partial charge in [-0.1, -0.05) is 39.8 Å². The van der Waals surface area contributed by atoms with E-state index in [1.807, 2.05) is 32.9 Å². The van der Waals surface area contributed by atoms with E-state index >= 15 is 0 Å². The van der Waals surface area contributed by atoms with Gasteiger partial charge >= 0.3 is 0 Å². The summed E-state index contributed by atoms with van der Waals surface area (Å²) >= 11 is 0. The molecule has 0 radical (unpaired) electrons. The molecule has 1 aliphatic heterocycles. The van der Waals surface area contributed by atoms with Crippen LogP contribution in [0.5, 0.6) is 0 Å². The Morgan fingerprint density at radius 3 is 2.36 bits per heavy atom. The molecule has 1 aromatic carbocycles. The Hall–Kier alpha value is -1.35. The van der Waals surface area contributed by atoms with E-state index in [0.717, 1.165) is 24.6 Å². The van der Waals surface area contributed by atoms with Crippen LogP contribution in [0, 0.1) is 11.3 Å². The SMILES string of the molecule is CCC(C)(C)C(=O)Nc1ccc(CN2CCC(C)CC2)cc1. The second-order valence-electron chi connectivity index (χ2n) is 7.35. The number of benzene rings is 1. The third-order valence-corrected chi connectivity index (χ3v) is 4.99. The van der Waals surface area contributed by atoms with Crippen LogP contribution in [-0.4, -0.2) is 23.9 Å². The van der Waals surface area contributed by atoms with E-state index in [2.05, 4.69) is 29.3 Å². The highest BCUT2D eigenvalue weighted by Gasteiger charge is 2.25. The number of piperidine rings is 1. The van der Waals surface area contributed by atoms with Crippen molar-refractivity contribution < 1.29 is 4.79 Å². The minimum atomic E-state index is -0.316. The average molecular weight is 302 g/mol. The van der Waals surface area contributed by atoms with Gasteiger partial charge in [0.25, 0.3) is 0 Å². The molecule has 1 N–H and O–H groups in total. The molecule has 0 atom stereocenters. The Labute approximate surface area is 135 Å². The second kappa shape index (κ2) is 7.28.